The average Bonchev–Trinajstić information content (AvgIpc) is 3.17. The van der Waals surface area contributed by atoms with E-state index in [1.54, 1.807) is 19.3 Å². The lowest BCUT2D eigenvalue weighted by atomic mass is 9.95. The van der Waals surface area contributed by atoms with Crippen molar-refractivity contribution in [1.29, 1.82) is 0 Å². The van der Waals surface area contributed by atoms with Crippen LogP contribution in [0.3, 0.4) is 0 Å². The molecule has 2 aliphatic rings. The number of aromatic nitrogens is 2. The van der Waals surface area contributed by atoms with Gasteiger partial charge in [0, 0.05) is 31.9 Å². The lowest BCUT2D eigenvalue weighted by molar-refractivity contribution is -0.124. The molecule has 6 nitrogen and oxygen atoms in total. The summed E-state index contributed by atoms with van der Waals surface area (Å²) in [5.41, 5.74) is 1.97. The van der Waals surface area contributed by atoms with Gasteiger partial charge >= 0.3 is 0 Å². The summed E-state index contributed by atoms with van der Waals surface area (Å²) in [4.78, 5) is 22.9. The highest BCUT2D eigenvalue weighted by Gasteiger charge is 2.48. The number of carbonyl (C=O) groups excluding carboxylic acids is 1. The van der Waals surface area contributed by atoms with Crippen molar-refractivity contribution in [1.82, 2.24) is 20.2 Å². The van der Waals surface area contributed by atoms with Crippen LogP contribution in [0.15, 0.2) is 42.7 Å². The summed E-state index contributed by atoms with van der Waals surface area (Å²) in [7, 11) is 0. The van der Waals surface area contributed by atoms with Gasteiger partial charge in [0.2, 0.25) is 5.91 Å². The van der Waals surface area contributed by atoms with Gasteiger partial charge in [-0.15, -0.1) is 0 Å². The zero-order chi connectivity index (χ0) is 19.8. The smallest absolute Gasteiger partial charge is 0.279 e. The highest BCUT2D eigenvalue weighted by atomic mass is 32.1. The Morgan fingerprint density at radius 1 is 1.28 bits per heavy atom. The number of pyridine rings is 1. The van der Waals surface area contributed by atoms with Gasteiger partial charge < -0.3 is 10.1 Å². The lowest BCUT2D eigenvalue weighted by Crippen LogP contribution is -2.60. The van der Waals surface area contributed by atoms with Crippen LogP contribution < -0.4 is 10.1 Å². The number of carbonyl (C=O) groups is 1. The largest absolute Gasteiger partial charge is 0.431 e. The van der Waals surface area contributed by atoms with Gasteiger partial charge in [-0.05, 0) is 55.9 Å². The molecule has 0 radical (unpaired) electrons. The summed E-state index contributed by atoms with van der Waals surface area (Å²) >= 11 is 1.49. The van der Waals surface area contributed by atoms with Gasteiger partial charge in [0.25, 0.3) is 5.19 Å². The van der Waals surface area contributed by atoms with Gasteiger partial charge in [-0.2, -0.15) is 0 Å². The van der Waals surface area contributed by atoms with E-state index in [2.05, 4.69) is 32.3 Å². The number of thiazole rings is 1. The van der Waals surface area contributed by atoms with Crippen molar-refractivity contribution in [3.05, 3.63) is 48.3 Å². The Balaban J connectivity index is 1.30. The van der Waals surface area contributed by atoms with Crippen LogP contribution in [-0.4, -0.2) is 32.5 Å². The minimum absolute atomic E-state index is 0.0623. The maximum Gasteiger partial charge on any atom is 0.279 e. The second-order valence-electron chi connectivity index (χ2n) is 7.99. The number of amides is 1. The number of hydrogen-bond donors (Lipinski definition) is 1. The number of fused-ring (bicyclic) bond motifs is 3. The molecular weight excluding hydrogens is 384 g/mol. The van der Waals surface area contributed by atoms with Crippen LogP contribution in [0.5, 0.6) is 10.9 Å². The summed E-state index contributed by atoms with van der Waals surface area (Å²) in [6.07, 6.45) is 9.19. The molecule has 2 fully saturated rings. The fourth-order valence-corrected chi connectivity index (χ4v) is 5.62. The summed E-state index contributed by atoms with van der Waals surface area (Å²) in [6.45, 7) is 2.47. The summed E-state index contributed by atoms with van der Waals surface area (Å²) < 4.78 is 6.96. The fraction of sp³-hybridized carbons (Fsp3) is 0.409. The molecule has 0 aliphatic carbocycles. The number of benzene rings is 1. The van der Waals surface area contributed by atoms with E-state index in [1.165, 1.54) is 29.7 Å². The number of nitrogens with one attached hydrogen (secondary N) is 1. The molecule has 1 aromatic carbocycles. The predicted octanol–water partition coefficient (Wildman–Crippen LogP) is 4.46. The molecule has 29 heavy (non-hydrogen) atoms. The molecule has 0 unspecified atom stereocenters. The van der Waals surface area contributed by atoms with Crippen LogP contribution >= 0.6 is 11.3 Å². The standard InChI is InChI=1S/C22H24N4O2S/c1-15(27)25-22-10-2-3-17(8-11-22)26(22)14-16-4-6-18(7-5-16)28-21-24-19-9-12-23-13-20(19)29-21/h4-7,9,12-13,17H,2-3,8,10-11,14H2,1H3,(H,25,27)/t17-,22+/m0/s1. The molecule has 0 spiro atoms. The third-order valence-electron chi connectivity index (χ3n) is 6.07. The molecule has 2 saturated heterocycles. The van der Waals surface area contributed by atoms with Gasteiger partial charge in [0.05, 0.1) is 15.9 Å². The molecule has 1 N–H and O–H groups in total. The Kier molecular flexibility index (Phi) is 4.72. The zero-order valence-corrected chi connectivity index (χ0v) is 17.2. The van der Waals surface area contributed by atoms with E-state index >= 15 is 0 Å². The summed E-state index contributed by atoms with van der Waals surface area (Å²) in [5.74, 6) is 0.839. The third-order valence-corrected chi connectivity index (χ3v) is 6.95. The van der Waals surface area contributed by atoms with Crippen molar-refractivity contribution in [3.8, 4) is 10.9 Å². The Morgan fingerprint density at radius 2 is 2.14 bits per heavy atom. The van der Waals surface area contributed by atoms with Crippen LogP contribution in [0, 0.1) is 0 Å². The quantitative estimate of drug-likeness (QED) is 0.675. The van der Waals surface area contributed by atoms with Crippen LogP contribution in [0.4, 0.5) is 0 Å². The van der Waals surface area contributed by atoms with Crippen molar-refractivity contribution in [2.24, 2.45) is 0 Å². The number of ether oxygens (including phenoxy) is 1. The fourth-order valence-electron chi connectivity index (χ4n) is 4.82. The second kappa shape index (κ2) is 7.39. The first-order valence-electron chi connectivity index (χ1n) is 10.1. The van der Waals surface area contributed by atoms with E-state index in [-0.39, 0.29) is 11.6 Å². The molecule has 2 bridgehead atoms. The Labute approximate surface area is 173 Å². The van der Waals surface area contributed by atoms with Crippen molar-refractivity contribution >= 4 is 27.5 Å². The predicted molar refractivity (Wildman–Crippen MR) is 113 cm³/mol. The van der Waals surface area contributed by atoms with Crippen molar-refractivity contribution < 1.29 is 9.53 Å². The van der Waals surface area contributed by atoms with E-state index in [0.29, 0.717) is 11.2 Å². The highest BCUT2D eigenvalue weighted by Crippen LogP contribution is 2.43. The molecule has 1 amide bonds. The van der Waals surface area contributed by atoms with E-state index in [1.807, 2.05) is 18.2 Å². The first-order valence-corrected chi connectivity index (χ1v) is 11.0. The maximum absolute atomic E-state index is 11.8. The highest BCUT2D eigenvalue weighted by molar-refractivity contribution is 7.20. The monoisotopic (exact) mass is 408 g/mol. The van der Waals surface area contributed by atoms with Gasteiger partial charge in [0.15, 0.2) is 0 Å². The van der Waals surface area contributed by atoms with E-state index in [4.69, 9.17) is 4.74 Å². The molecular formula is C22H24N4O2S. The lowest BCUT2D eigenvalue weighted by Gasteiger charge is -2.45. The van der Waals surface area contributed by atoms with E-state index < -0.39 is 0 Å². The number of piperidine rings is 1. The second-order valence-corrected chi connectivity index (χ2v) is 8.99. The molecule has 2 aliphatic heterocycles. The van der Waals surface area contributed by atoms with Crippen LogP contribution in [0.2, 0.25) is 0 Å². The molecule has 5 rings (SSSR count). The Hall–Kier alpha value is -2.51. The van der Waals surface area contributed by atoms with Crippen molar-refractivity contribution in [2.75, 3.05) is 0 Å². The number of hydrogen-bond acceptors (Lipinski definition) is 6. The topological polar surface area (TPSA) is 67.4 Å². The molecule has 150 valence electrons. The normalized spacial score (nSPS) is 24.0. The zero-order valence-electron chi connectivity index (χ0n) is 16.4. The summed E-state index contributed by atoms with van der Waals surface area (Å²) in [5, 5.41) is 3.89. The van der Waals surface area contributed by atoms with Crippen LogP contribution in [0.1, 0.15) is 44.6 Å². The molecule has 2 atom stereocenters. The maximum atomic E-state index is 11.8. The van der Waals surface area contributed by atoms with Gasteiger partial charge in [-0.1, -0.05) is 23.5 Å². The third kappa shape index (κ3) is 3.60. The van der Waals surface area contributed by atoms with E-state index in [9.17, 15) is 4.79 Å². The Morgan fingerprint density at radius 3 is 2.93 bits per heavy atom. The van der Waals surface area contributed by atoms with Crippen LogP contribution in [-0.2, 0) is 11.3 Å². The van der Waals surface area contributed by atoms with Crippen molar-refractivity contribution in [2.45, 2.75) is 57.3 Å². The summed E-state index contributed by atoms with van der Waals surface area (Å²) in [6, 6.07) is 10.7. The minimum Gasteiger partial charge on any atom is -0.431 e. The molecule has 3 aromatic rings. The van der Waals surface area contributed by atoms with Crippen LogP contribution in [0.25, 0.3) is 10.2 Å². The minimum atomic E-state index is -0.168. The molecule has 2 aromatic heterocycles. The van der Waals surface area contributed by atoms with Gasteiger partial charge in [-0.3, -0.25) is 14.7 Å². The molecule has 4 heterocycles. The first kappa shape index (κ1) is 18.5. The van der Waals surface area contributed by atoms with E-state index in [0.717, 1.165) is 41.8 Å². The van der Waals surface area contributed by atoms with Crippen molar-refractivity contribution in [3.63, 3.8) is 0 Å². The Bertz CT molecular complexity index is 998. The van der Waals surface area contributed by atoms with Gasteiger partial charge in [-0.25, -0.2) is 4.98 Å². The number of nitrogens with zero attached hydrogens (tertiary/aromatic N) is 3. The average molecular weight is 409 g/mol. The SMILES string of the molecule is CC(=O)N[C@@]12CCC[C@@H](CC1)N2Cc1ccc(Oc2nc3ccncc3s2)cc1. The number of rotatable bonds is 5. The van der Waals surface area contributed by atoms with Gasteiger partial charge in [0.1, 0.15) is 5.75 Å². The molecule has 7 heteroatoms. The molecule has 0 saturated carbocycles. The first-order chi connectivity index (χ1) is 14.1.